The van der Waals surface area contributed by atoms with Crippen molar-refractivity contribution in [1.82, 2.24) is 5.32 Å². The van der Waals surface area contributed by atoms with Crippen molar-refractivity contribution in [2.75, 3.05) is 26.3 Å². The molecule has 0 rings (SSSR count). The zero-order valence-corrected chi connectivity index (χ0v) is 8.20. The van der Waals surface area contributed by atoms with Crippen molar-refractivity contribution < 1.29 is 30.3 Å². The fourth-order valence-electron chi connectivity index (χ4n) is 0.944. The van der Waals surface area contributed by atoms with Crippen molar-refractivity contribution >= 4 is 5.78 Å². The molecule has 0 saturated heterocycles. The lowest BCUT2D eigenvalue weighted by Crippen LogP contribution is -2.47. The highest BCUT2D eigenvalue weighted by Gasteiger charge is 2.29. The largest absolute Gasteiger partial charge is 0.395 e. The van der Waals surface area contributed by atoms with Crippen molar-refractivity contribution in [3.8, 4) is 0 Å². The number of Topliss-reactive ketones (excluding diaryl/α,β-unsaturated/α-hetero) is 1. The van der Waals surface area contributed by atoms with Gasteiger partial charge in [0.25, 0.3) is 0 Å². The van der Waals surface area contributed by atoms with E-state index in [1.165, 1.54) is 0 Å². The first-order valence-corrected chi connectivity index (χ1v) is 4.54. The summed E-state index contributed by atoms with van der Waals surface area (Å²) in [6.07, 6.45) is -4.81. The Labute approximate surface area is 87.0 Å². The van der Waals surface area contributed by atoms with Crippen LogP contribution in [-0.4, -0.2) is 75.9 Å². The number of carbonyl (C=O) groups excluding carboxylic acids is 1. The number of hydrogen-bond donors (Lipinski definition) is 6. The van der Waals surface area contributed by atoms with Crippen LogP contribution in [0.5, 0.6) is 0 Å². The molecule has 0 aliphatic carbocycles. The van der Waals surface area contributed by atoms with Gasteiger partial charge in [0.2, 0.25) is 0 Å². The maximum absolute atomic E-state index is 10.8. The van der Waals surface area contributed by atoms with Gasteiger partial charge in [0.1, 0.15) is 18.8 Å². The summed E-state index contributed by atoms with van der Waals surface area (Å²) in [6.45, 7) is -0.860. The maximum atomic E-state index is 10.8. The number of hydrogen-bond acceptors (Lipinski definition) is 7. The molecular formula is C8H17NO6. The molecule has 0 spiro atoms. The molecule has 2 unspecified atom stereocenters. The van der Waals surface area contributed by atoms with Gasteiger partial charge in [0.05, 0.1) is 12.7 Å². The molecule has 0 radical (unpaired) electrons. The van der Waals surface area contributed by atoms with Gasteiger partial charge < -0.3 is 30.8 Å². The molecule has 0 aliphatic heterocycles. The van der Waals surface area contributed by atoms with E-state index in [9.17, 15) is 15.0 Å². The van der Waals surface area contributed by atoms with Crippen molar-refractivity contribution in [1.29, 1.82) is 0 Å². The Balaban J connectivity index is 3.95. The first-order chi connectivity index (χ1) is 7.04. The first-order valence-electron chi connectivity index (χ1n) is 4.54. The van der Waals surface area contributed by atoms with Crippen LogP contribution in [0.1, 0.15) is 0 Å². The molecule has 0 aliphatic rings. The van der Waals surface area contributed by atoms with Crippen molar-refractivity contribution in [2.24, 2.45) is 0 Å². The number of nitrogens with one attached hydrogen (secondary N) is 1. The van der Waals surface area contributed by atoms with Gasteiger partial charge in [-0.25, -0.2) is 0 Å². The molecule has 0 aromatic carbocycles. The molecule has 7 heteroatoms. The van der Waals surface area contributed by atoms with Crippen LogP contribution in [0.25, 0.3) is 0 Å². The molecule has 0 saturated carbocycles. The second-order valence-corrected chi connectivity index (χ2v) is 3.05. The van der Waals surface area contributed by atoms with E-state index in [1.54, 1.807) is 0 Å². The zero-order valence-electron chi connectivity index (χ0n) is 8.20. The normalized spacial score (nSPS) is 17.1. The zero-order chi connectivity index (χ0) is 11.8. The fraction of sp³-hybridized carbons (Fsp3) is 0.875. The summed E-state index contributed by atoms with van der Waals surface area (Å²) in [4.78, 5) is 10.8. The predicted molar refractivity (Wildman–Crippen MR) is 50.1 cm³/mol. The molecule has 7 nitrogen and oxygen atoms in total. The minimum Gasteiger partial charge on any atom is -0.395 e. The van der Waals surface area contributed by atoms with Crippen LogP contribution in [0.4, 0.5) is 0 Å². The lowest BCUT2D eigenvalue weighted by Gasteiger charge is -2.21. The van der Waals surface area contributed by atoms with Crippen LogP contribution in [0.3, 0.4) is 0 Å². The van der Waals surface area contributed by atoms with Crippen LogP contribution in [0.2, 0.25) is 0 Å². The lowest BCUT2D eigenvalue weighted by atomic mass is 10.0. The maximum Gasteiger partial charge on any atom is 0.189 e. The monoisotopic (exact) mass is 223 g/mol. The predicted octanol–water partition coefficient (Wildman–Crippen LogP) is -3.79. The number of aliphatic hydroxyl groups excluding tert-OH is 5. The average molecular weight is 223 g/mol. The third-order valence-electron chi connectivity index (χ3n) is 1.85. The van der Waals surface area contributed by atoms with E-state index in [2.05, 4.69) is 5.32 Å². The van der Waals surface area contributed by atoms with Gasteiger partial charge in [0, 0.05) is 13.1 Å². The molecular weight excluding hydrogens is 206 g/mol. The second-order valence-electron chi connectivity index (χ2n) is 3.05. The van der Waals surface area contributed by atoms with E-state index in [-0.39, 0.29) is 19.7 Å². The van der Waals surface area contributed by atoms with Gasteiger partial charge in [-0.1, -0.05) is 0 Å². The Morgan fingerprint density at radius 1 is 1.20 bits per heavy atom. The van der Waals surface area contributed by atoms with Gasteiger partial charge in [-0.3, -0.25) is 4.79 Å². The van der Waals surface area contributed by atoms with Gasteiger partial charge in [-0.05, 0) is 0 Å². The van der Waals surface area contributed by atoms with E-state index >= 15 is 0 Å². The molecule has 90 valence electrons. The van der Waals surface area contributed by atoms with Crippen molar-refractivity contribution in [3.63, 3.8) is 0 Å². The van der Waals surface area contributed by atoms with Crippen molar-refractivity contribution in [3.05, 3.63) is 0 Å². The SMILES string of the molecule is O=C(CO)[C@@H](O)C(O)C(O)CNCCO. The number of rotatable bonds is 8. The van der Waals surface area contributed by atoms with Gasteiger partial charge in [-0.2, -0.15) is 0 Å². The molecule has 3 atom stereocenters. The van der Waals surface area contributed by atoms with E-state index in [0.29, 0.717) is 0 Å². The highest BCUT2D eigenvalue weighted by molar-refractivity contribution is 5.84. The summed E-state index contributed by atoms with van der Waals surface area (Å²) >= 11 is 0. The Kier molecular flexibility index (Phi) is 7.39. The first kappa shape index (κ1) is 14.4. The fourth-order valence-corrected chi connectivity index (χ4v) is 0.944. The third-order valence-corrected chi connectivity index (χ3v) is 1.85. The standard InChI is InChI=1S/C8H17NO6/c10-2-1-9-3-5(12)7(14)8(15)6(13)4-11/h5,7-12,14-15H,1-4H2/t5?,7?,8-/m1/s1. The van der Waals surface area contributed by atoms with E-state index in [4.69, 9.17) is 15.3 Å². The molecule has 0 aromatic rings. The highest BCUT2D eigenvalue weighted by Crippen LogP contribution is 2.00. The Morgan fingerprint density at radius 3 is 2.27 bits per heavy atom. The van der Waals surface area contributed by atoms with Gasteiger partial charge in [-0.15, -0.1) is 0 Å². The Bertz CT molecular complexity index is 188. The average Bonchev–Trinajstić information content (AvgIpc) is 2.26. The summed E-state index contributed by atoms with van der Waals surface area (Å²) in [5, 5.41) is 47.0. The molecule has 15 heavy (non-hydrogen) atoms. The molecule has 6 N–H and O–H groups in total. The molecule has 0 aromatic heterocycles. The summed E-state index contributed by atoms with van der Waals surface area (Å²) < 4.78 is 0. The Morgan fingerprint density at radius 2 is 1.80 bits per heavy atom. The highest BCUT2D eigenvalue weighted by atomic mass is 16.4. The quantitative estimate of drug-likeness (QED) is 0.233. The van der Waals surface area contributed by atoms with Crippen LogP contribution >= 0.6 is 0 Å². The summed E-state index contributed by atoms with van der Waals surface area (Å²) in [5.74, 6) is -0.955. The van der Waals surface area contributed by atoms with Crippen LogP contribution in [0, 0.1) is 0 Å². The number of ketones is 1. The van der Waals surface area contributed by atoms with Crippen LogP contribution in [0.15, 0.2) is 0 Å². The summed E-state index contributed by atoms with van der Waals surface area (Å²) in [5.41, 5.74) is 0. The smallest absolute Gasteiger partial charge is 0.189 e. The second kappa shape index (κ2) is 7.69. The minimum absolute atomic E-state index is 0.0719. The number of aliphatic hydroxyl groups is 5. The molecule has 0 fully saturated rings. The molecule has 0 bridgehead atoms. The van der Waals surface area contributed by atoms with Gasteiger partial charge in [0.15, 0.2) is 5.78 Å². The summed E-state index contributed by atoms with van der Waals surface area (Å²) in [7, 11) is 0. The molecule has 0 heterocycles. The topological polar surface area (TPSA) is 130 Å². The van der Waals surface area contributed by atoms with E-state index in [1.807, 2.05) is 0 Å². The van der Waals surface area contributed by atoms with Crippen LogP contribution < -0.4 is 5.32 Å². The van der Waals surface area contributed by atoms with E-state index < -0.39 is 30.7 Å². The number of carbonyl (C=O) groups is 1. The third kappa shape index (κ3) is 5.17. The lowest BCUT2D eigenvalue weighted by molar-refractivity contribution is -0.141. The van der Waals surface area contributed by atoms with Crippen LogP contribution in [-0.2, 0) is 4.79 Å². The van der Waals surface area contributed by atoms with Crippen molar-refractivity contribution in [2.45, 2.75) is 18.3 Å². The minimum atomic E-state index is -1.80. The van der Waals surface area contributed by atoms with E-state index in [0.717, 1.165) is 0 Å². The Hall–Kier alpha value is -0.570. The summed E-state index contributed by atoms with van der Waals surface area (Å²) in [6, 6.07) is 0. The van der Waals surface area contributed by atoms with Gasteiger partial charge >= 0.3 is 0 Å². The molecule has 0 amide bonds.